The Bertz CT molecular complexity index is 3480. The summed E-state index contributed by atoms with van der Waals surface area (Å²) in [6.45, 7) is 0. The maximum atomic E-state index is 6.28. The van der Waals surface area contributed by atoms with E-state index in [9.17, 15) is 0 Å². The van der Waals surface area contributed by atoms with Gasteiger partial charge in [0.1, 0.15) is 11.2 Å². The molecule has 3 aromatic heterocycles. The lowest BCUT2D eigenvalue weighted by atomic mass is 9.93. The van der Waals surface area contributed by atoms with Crippen LogP contribution in [0.3, 0.4) is 0 Å². The van der Waals surface area contributed by atoms with Crippen molar-refractivity contribution >= 4 is 92.3 Å². The van der Waals surface area contributed by atoms with Gasteiger partial charge in [0.25, 0.3) is 0 Å². The van der Waals surface area contributed by atoms with Gasteiger partial charge in [0.2, 0.25) is 0 Å². The van der Waals surface area contributed by atoms with E-state index < -0.39 is 0 Å². The molecule has 58 heavy (non-hydrogen) atoms. The van der Waals surface area contributed by atoms with E-state index in [-0.39, 0.29) is 0 Å². The predicted octanol–water partition coefficient (Wildman–Crippen LogP) is 15.9. The molecule has 0 spiro atoms. The second kappa shape index (κ2) is 13.1. The van der Waals surface area contributed by atoms with Gasteiger partial charge in [-0.15, -0.1) is 11.3 Å². The van der Waals surface area contributed by atoms with E-state index in [0.29, 0.717) is 0 Å². The van der Waals surface area contributed by atoms with Crippen molar-refractivity contribution in [3.63, 3.8) is 0 Å². The van der Waals surface area contributed by atoms with Gasteiger partial charge >= 0.3 is 0 Å². The number of fused-ring (bicyclic) bond motifs is 9. The fraction of sp³-hybridized carbons (Fsp3) is 0. The molecular weight excluding hydrogens is 725 g/mol. The highest BCUT2D eigenvalue weighted by Crippen LogP contribution is 2.47. The number of para-hydroxylation sites is 4. The Morgan fingerprint density at radius 2 is 0.983 bits per heavy atom. The zero-order valence-corrected chi connectivity index (χ0v) is 32.2. The van der Waals surface area contributed by atoms with Crippen molar-refractivity contribution in [1.82, 2.24) is 4.57 Å². The molecular formula is C54H34N2OS. The first-order valence-electron chi connectivity index (χ1n) is 19.7. The lowest BCUT2D eigenvalue weighted by molar-refractivity contribution is 0.669. The van der Waals surface area contributed by atoms with Crippen molar-refractivity contribution in [2.45, 2.75) is 0 Å². The van der Waals surface area contributed by atoms with Crippen molar-refractivity contribution in [2.75, 3.05) is 4.90 Å². The number of anilines is 3. The fourth-order valence-electron chi connectivity index (χ4n) is 9.03. The Hall–Kier alpha value is -7.40. The van der Waals surface area contributed by atoms with Crippen LogP contribution < -0.4 is 4.90 Å². The Kier molecular flexibility index (Phi) is 7.40. The summed E-state index contributed by atoms with van der Waals surface area (Å²) < 4.78 is 11.2. The van der Waals surface area contributed by atoms with Crippen LogP contribution in [0.2, 0.25) is 0 Å². The molecule has 0 amide bonds. The molecule has 0 unspecified atom stereocenters. The molecule has 4 heteroatoms. The van der Waals surface area contributed by atoms with Gasteiger partial charge in [0, 0.05) is 54.0 Å². The third kappa shape index (κ3) is 5.05. The lowest BCUT2D eigenvalue weighted by Gasteiger charge is -2.26. The van der Waals surface area contributed by atoms with Gasteiger partial charge < -0.3 is 13.9 Å². The lowest BCUT2D eigenvalue weighted by Crippen LogP contribution is -2.10. The number of nitrogens with zero attached hydrogens (tertiary/aromatic N) is 2. The Morgan fingerprint density at radius 3 is 1.78 bits per heavy atom. The molecule has 0 fully saturated rings. The maximum Gasteiger partial charge on any atom is 0.135 e. The van der Waals surface area contributed by atoms with Gasteiger partial charge in [-0.05, 0) is 83.4 Å². The minimum Gasteiger partial charge on any atom is -0.456 e. The number of thiophene rings is 1. The summed E-state index contributed by atoms with van der Waals surface area (Å²) in [6.07, 6.45) is 0. The summed E-state index contributed by atoms with van der Waals surface area (Å²) in [4.78, 5) is 2.41. The van der Waals surface area contributed by atoms with Crippen molar-refractivity contribution in [3.8, 4) is 27.9 Å². The second-order valence-corrected chi connectivity index (χ2v) is 15.9. The van der Waals surface area contributed by atoms with E-state index in [2.05, 4.69) is 204 Å². The van der Waals surface area contributed by atoms with E-state index in [0.717, 1.165) is 50.3 Å². The largest absolute Gasteiger partial charge is 0.456 e. The quantitative estimate of drug-likeness (QED) is 0.168. The van der Waals surface area contributed by atoms with Gasteiger partial charge in [-0.2, -0.15) is 0 Å². The molecule has 3 nitrogen and oxygen atoms in total. The molecule has 0 saturated carbocycles. The normalized spacial score (nSPS) is 11.8. The summed E-state index contributed by atoms with van der Waals surface area (Å²) in [5.74, 6) is 0. The Balaban J connectivity index is 1.02. The fourth-order valence-corrected chi connectivity index (χ4v) is 10.2. The standard InChI is InChI=1S/C54H34N2OS/c1-2-15-39(40-16-3-8-22-47(40)56-48-23-9-4-17-41(48)42-18-5-10-24-49(42)56)38(14-1)35-28-30-36(31-29-35)55(37-32-33-52-46(34-37)43-19-6-11-26-51(43)57-52)50-25-13-21-45-44-20-7-12-27-53(44)58-54(45)50/h1-34H. The van der Waals surface area contributed by atoms with Crippen LogP contribution >= 0.6 is 11.3 Å². The van der Waals surface area contributed by atoms with Crippen LogP contribution in [0, 0.1) is 0 Å². The molecule has 12 rings (SSSR count). The number of furan rings is 1. The summed E-state index contributed by atoms with van der Waals surface area (Å²) in [6, 6.07) is 74.5. The van der Waals surface area contributed by atoms with Crippen LogP contribution in [-0.4, -0.2) is 4.57 Å². The highest BCUT2D eigenvalue weighted by atomic mass is 32.1. The van der Waals surface area contributed by atoms with Gasteiger partial charge in [-0.3, -0.25) is 0 Å². The van der Waals surface area contributed by atoms with Crippen LogP contribution in [0.1, 0.15) is 0 Å². The molecule has 12 aromatic rings. The van der Waals surface area contributed by atoms with E-state index in [1.807, 2.05) is 23.5 Å². The first-order chi connectivity index (χ1) is 28.8. The molecule has 9 aromatic carbocycles. The van der Waals surface area contributed by atoms with Crippen LogP contribution in [0.5, 0.6) is 0 Å². The third-order valence-electron chi connectivity index (χ3n) is 11.6. The van der Waals surface area contributed by atoms with Crippen LogP contribution in [0.15, 0.2) is 211 Å². The van der Waals surface area contributed by atoms with Crippen molar-refractivity contribution in [3.05, 3.63) is 206 Å². The molecule has 0 atom stereocenters. The average molecular weight is 759 g/mol. The number of hydrogen-bond acceptors (Lipinski definition) is 3. The molecule has 0 aliphatic carbocycles. The Morgan fingerprint density at radius 1 is 0.397 bits per heavy atom. The second-order valence-electron chi connectivity index (χ2n) is 14.8. The highest BCUT2D eigenvalue weighted by Gasteiger charge is 2.21. The minimum absolute atomic E-state index is 0.887. The molecule has 0 bridgehead atoms. The average Bonchev–Trinajstić information content (AvgIpc) is 3.97. The number of aromatic nitrogens is 1. The predicted molar refractivity (Wildman–Crippen MR) is 247 cm³/mol. The van der Waals surface area contributed by atoms with Crippen LogP contribution in [-0.2, 0) is 0 Å². The minimum atomic E-state index is 0.887. The summed E-state index contributed by atoms with van der Waals surface area (Å²) >= 11 is 1.85. The summed E-state index contributed by atoms with van der Waals surface area (Å²) in [5.41, 5.74) is 13.4. The smallest absolute Gasteiger partial charge is 0.135 e. The number of benzene rings is 9. The zero-order valence-electron chi connectivity index (χ0n) is 31.3. The summed E-state index contributed by atoms with van der Waals surface area (Å²) in [5, 5.41) is 7.29. The molecule has 0 aliphatic heterocycles. The molecule has 3 heterocycles. The van der Waals surface area contributed by atoms with Crippen molar-refractivity contribution in [2.24, 2.45) is 0 Å². The van der Waals surface area contributed by atoms with Crippen molar-refractivity contribution < 1.29 is 4.42 Å². The SMILES string of the molecule is c1ccc(-c2ccccc2-n2c3ccccc3c3ccccc32)c(-c2ccc(N(c3ccc4oc5ccccc5c4c3)c3cccc4c3sc3ccccc34)cc2)c1. The molecule has 0 aliphatic rings. The first-order valence-corrected chi connectivity index (χ1v) is 20.5. The molecule has 0 saturated heterocycles. The number of rotatable bonds is 6. The van der Waals surface area contributed by atoms with E-state index in [4.69, 9.17) is 4.42 Å². The first kappa shape index (κ1) is 32.8. The van der Waals surface area contributed by atoms with Crippen molar-refractivity contribution in [1.29, 1.82) is 0 Å². The summed E-state index contributed by atoms with van der Waals surface area (Å²) in [7, 11) is 0. The number of hydrogen-bond donors (Lipinski definition) is 0. The van der Waals surface area contributed by atoms with Gasteiger partial charge in [-0.25, -0.2) is 0 Å². The van der Waals surface area contributed by atoms with Gasteiger partial charge in [0.15, 0.2) is 0 Å². The maximum absolute atomic E-state index is 6.28. The molecule has 0 radical (unpaired) electrons. The van der Waals surface area contributed by atoms with Crippen LogP contribution in [0.4, 0.5) is 17.1 Å². The monoisotopic (exact) mass is 758 g/mol. The van der Waals surface area contributed by atoms with Crippen LogP contribution in [0.25, 0.3) is 91.9 Å². The molecule has 0 N–H and O–H groups in total. The van der Waals surface area contributed by atoms with E-state index in [1.165, 1.54) is 58.7 Å². The van der Waals surface area contributed by atoms with E-state index in [1.54, 1.807) is 0 Å². The molecule has 272 valence electrons. The topological polar surface area (TPSA) is 21.3 Å². The highest BCUT2D eigenvalue weighted by molar-refractivity contribution is 7.26. The van der Waals surface area contributed by atoms with Gasteiger partial charge in [0.05, 0.1) is 27.1 Å². The Labute approximate surface area is 338 Å². The van der Waals surface area contributed by atoms with Gasteiger partial charge in [-0.1, -0.05) is 140 Å². The third-order valence-corrected chi connectivity index (χ3v) is 12.8. The van der Waals surface area contributed by atoms with E-state index >= 15 is 0 Å². The zero-order chi connectivity index (χ0) is 38.2.